The summed E-state index contributed by atoms with van der Waals surface area (Å²) in [5, 5.41) is 30.0. The van der Waals surface area contributed by atoms with Gasteiger partial charge < -0.3 is 57.3 Å². The number of fused-ring (bicyclic) bond motifs is 2. The van der Waals surface area contributed by atoms with Gasteiger partial charge in [-0.15, -0.1) is 0 Å². The molecule has 0 saturated heterocycles. The van der Waals surface area contributed by atoms with Gasteiger partial charge in [-0.1, -0.05) is 109 Å². The summed E-state index contributed by atoms with van der Waals surface area (Å²) in [6.07, 6.45) is 1.17. The van der Waals surface area contributed by atoms with Gasteiger partial charge in [-0.25, -0.2) is 10.3 Å². The van der Waals surface area contributed by atoms with Gasteiger partial charge in [0.1, 0.15) is 23.9 Å². The van der Waals surface area contributed by atoms with E-state index in [1.807, 2.05) is 78.8 Å². The van der Waals surface area contributed by atoms with Gasteiger partial charge >= 0.3 is 5.97 Å². The molecule has 0 bridgehead atoms. The van der Waals surface area contributed by atoms with Crippen LogP contribution in [0.4, 0.5) is 17.1 Å². The number of ether oxygens (including phenoxy) is 1. The van der Waals surface area contributed by atoms with Gasteiger partial charge in [0.25, 0.3) is 5.91 Å². The average Bonchev–Trinajstić information content (AvgIpc) is 3.46. The van der Waals surface area contributed by atoms with Crippen molar-refractivity contribution in [3.63, 3.8) is 0 Å². The van der Waals surface area contributed by atoms with E-state index < -0.39 is 89.1 Å². The molecule has 7 amide bonds. The summed E-state index contributed by atoms with van der Waals surface area (Å²) < 4.78 is 5.72. The second kappa shape index (κ2) is 27.5. The molecular weight excluding hydrogens is 1020 g/mol. The van der Waals surface area contributed by atoms with E-state index in [0.29, 0.717) is 33.9 Å². The molecule has 10 N–H and O–H groups in total. The maximum atomic E-state index is 14.2. The number of para-hydroxylation sites is 1. The molecule has 1 aliphatic rings. The number of nitrogens with two attached hydrogens (primary N) is 1. The summed E-state index contributed by atoms with van der Waals surface area (Å²) in [7, 11) is 3.25. The van der Waals surface area contributed by atoms with Crippen molar-refractivity contribution in [3.05, 3.63) is 131 Å². The zero-order chi connectivity index (χ0) is 59.2. The second-order valence-corrected chi connectivity index (χ2v) is 21.9. The summed E-state index contributed by atoms with van der Waals surface area (Å²) in [5.74, 6) is -4.21. The molecule has 6 atom stereocenters. The standard InChI is InChI=1S/C59H77N11O10/c1-34(2)45(29-35(3)57(78)79)69(11)56(77)53(58(5,6)7)67-55(76)52(62-10)59(8,9)38-18-16-19-40(30-38)65-48(73)33-80-41-25-23-39(24-26-41)66-54(75)36(4)64-47(72)31-63-46(71)27-28-49(74)70-32-37-17-12-13-20-42(37)50(60)51(68-61)43-21-14-15-22-44(43)70/h12-26,29-30,34,36,45,50-53,61-62H,27-28,31-33,60H2,1-11H3,(H,63,71)(H,64,72)(H,65,73)(H,66,75)(H,67,76)(H,78,79)/b35-29+,68-61?/t36-,45?,50?,51?,52+,53?/m0/s1. The minimum Gasteiger partial charge on any atom is -0.484 e. The van der Waals surface area contributed by atoms with E-state index in [0.717, 1.165) is 11.1 Å². The fraction of sp³-hybridized carbons (Fsp3) is 0.424. The smallest absolute Gasteiger partial charge is 0.331 e. The van der Waals surface area contributed by atoms with Gasteiger partial charge in [-0.2, -0.15) is 5.11 Å². The van der Waals surface area contributed by atoms with Crippen LogP contribution in [0.5, 0.6) is 5.75 Å². The Bertz CT molecular complexity index is 2950. The van der Waals surface area contributed by atoms with Crippen LogP contribution in [0, 0.1) is 16.9 Å². The lowest BCUT2D eigenvalue weighted by Crippen LogP contribution is -2.61. The summed E-state index contributed by atoms with van der Waals surface area (Å²) in [5.41, 5.74) is 17.3. The monoisotopic (exact) mass is 1100 g/mol. The Balaban J connectivity index is 1.08. The van der Waals surface area contributed by atoms with Crippen molar-refractivity contribution in [1.82, 2.24) is 26.2 Å². The van der Waals surface area contributed by atoms with Crippen LogP contribution in [0.15, 0.2) is 114 Å². The van der Waals surface area contributed by atoms with Crippen LogP contribution >= 0.6 is 0 Å². The number of likely N-dealkylation sites (N-methyl/N-ethyl adjacent to an activating group) is 2. The van der Waals surface area contributed by atoms with E-state index >= 15 is 0 Å². The number of carbonyl (C=O) groups is 8. The Morgan fingerprint density at radius 1 is 0.800 bits per heavy atom. The molecule has 4 unspecified atom stereocenters. The zero-order valence-corrected chi connectivity index (χ0v) is 47.4. The lowest BCUT2D eigenvalue weighted by Gasteiger charge is -2.40. The van der Waals surface area contributed by atoms with Gasteiger partial charge in [0.15, 0.2) is 6.61 Å². The van der Waals surface area contributed by atoms with Crippen LogP contribution in [0.2, 0.25) is 0 Å². The number of carboxylic acid groups (broad SMARTS) is 1. The molecule has 0 saturated carbocycles. The van der Waals surface area contributed by atoms with Gasteiger partial charge in [0.05, 0.1) is 31.2 Å². The normalized spacial score (nSPS) is 15.9. The summed E-state index contributed by atoms with van der Waals surface area (Å²) in [4.78, 5) is 108. The lowest BCUT2D eigenvalue weighted by atomic mass is 9.76. The molecule has 1 heterocycles. The van der Waals surface area contributed by atoms with E-state index in [1.54, 1.807) is 91.8 Å². The van der Waals surface area contributed by atoms with Crippen LogP contribution in [-0.2, 0) is 50.3 Å². The fourth-order valence-electron chi connectivity index (χ4n) is 9.48. The number of anilines is 3. The van der Waals surface area contributed by atoms with Crippen LogP contribution in [0.25, 0.3) is 0 Å². The number of nitrogens with one attached hydrogen (secondary N) is 7. The maximum absolute atomic E-state index is 14.2. The molecule has 0 aliphatic carbocycles. The van der Waals surface area contributed by atoms with Crippen molar-refractivity contribution in [2.75, 3.05) is 42.8 Å². The molecule has 21 heteroatoms. The molecule has 0 radical (unpaired) electrons. The third kappa shape index (κ3) is 16.2. The number of nitrogens with zero attached hydrogens (tertiary/aromatic N) is 3. The van der Waals surface area contributed by atoms with E-state index in [9.17, 15) is 43.5 Å². The van der Waals surface area contributed by atoms with E-state index in [2.05, 4.69) is 37.0 Å². The van der Waals surface area contributed by atoms with E-state index in [-0.39, 0.29) is 49.3 Å². The van der Waals surface area contributed by atoms with Crippen molar-refractivity contribution in [2.24, 2.45) is 22.2 Å². The highest BCUT2D eigenvalue weighted by Gasteiger charge is 2.42. The molecule has 0 aromatic heterocycles. The van der Waals surface area contributed by atoms with Crippen molar-refractivity contribution in [1.29, 1.82) is 5.53 Å². The Hall–Kier alpha value is -8.30. The SMILES string of the molecule is CN[C@H](C(=O)NC(C(=O)N(C)C(/C=C(\C)C(=O)O)C(C)C)C(C)(C)C)C(C)(C)c1cccc(NC(=O)COc2ccc(NC(=O)[C@H](C)NC(=O)CNC(=O)CCC(=O)N3Cc4ccccc4C(N)C(N=N)c4ccccc43)cc2)c1. The molecule has 428 valence electrons. The first kappa shape index (κ1) is 62.5. The number of carbonyl (C=O) groups excluding carboxylic acids is 7. The zero-order valence-electron chi connectivity index (χ0n) is 47.4. The molecule has 1 aliphatic heterocycles. The van der Waals surface area contributed by atoms with Crippen LogP contribution in [0.3, 0.4) is 0 Å². The van der Waals surface area contributed by atoms with Gasteiger partial charge in [0, 0.05) is 53.5 Å². The number of amides is 7. The van der Waals surface area contributed by atoms with E-state index in [4.69, 9.17) is 16.0 Å². The summed E-state index contributed by atoms with van der Waals surface area (Å²) in [6.45, 7) is 15.4. The molecule has 0 spiro atoms. The predicted octanol–water partition coefficient (Wildman–Crippen LogP) is 6.27. The average molecular weight is 1100 g/mol. The predicted molar refractivity (Wildman–Crippen MR) is 304 cm³/mol. The molecule has 4 aromatic carbocycles. The van der Waals surface area contributed by atoms with E-state index in [1.165, 1.54) is 18.7 Å². The Kier molecular flexibility index (Phi) is 21.5. The fourth-order valence-corrected chi connectivity index (χ4v) is 9.48. The number of hydrogen-bond acceptors (Lipinski definition) is 13. The second-order valence-electron chi connectivity index (χ2n) is 21.9. The third-order valence-corrected chi connectivity index (χ3v) is 14.1. The first-order valence-electron chi connectivity index (χ1n) is 26.4. The highest BCUT2D eigenvalue weighted by atomic mass is 16.5. The molecule has 21 nitrogen and oxygen atoms in total. The summed E-state index contributed by atoms with van der Waals surface area (Å²) >= 11 is 0. The Labute approximate surface area is 467 Å². The highest BCUT2D eigenvalue weighted by molar-refractivity contribution is 5.99. The van der Waals surface area contributed by atoms with Crippen molar-refractivity contribution < 1.29 is 48.2 Å². The van der Waals surface area contributed by atoms with Crippen molar-refractivity contribution in [3.8, 4) is 5.75 Å². The number of hydrogen-bond donors (Lipinski definition) is 9. The lowest BCUT2D eigenvalue weighted by molar-refractivity contribution is -0.141. The topological polar surface area (TPSA) is 307 Å². The van der Waals surface area contributed by atoms with Gasteiger partial charge in [-0.05, 0) is 91.4 Å². The van der Waals surface area contributed by atoms with Crippen LogP contribution < -0.4 is 47.3 Å². The summed E-state index contributed by atoms with van der Waals surface area (Å²) in [6, 6.07) is 23.1. The largest absolute Gasteiger partial charge is 0.484 e. The van der Waals surface area contributed by atoms with Gasteiger partial charge in [0.2, 0.25) is 35.4 Å². The van der Waals surface area contributed by atoms with Crippen molar-refractivity contribution in [2.45, 2.75) is 123 Å². The number of rotatable bonds is 23. The Morgan fingerprint density at radius 3 is 2.08 bits per heavy atom. The van der Waals surface area contributed by atoms with Crippen LogP contribution in [-0.4, -0.2) is 109 Å². The number of aliphatic carboxylic acids is 1. The molecule has 0 fully saturated rings. The highest BCUT2D eigenvalue weighted by Crippen LogP contribution is 2.41. The molecule has 80 heavy (non-hydrogen) atoms. The number of benzene rings is 4. The van der Waals surface area contributed by atoms with Crippen molar-refractivity contribution >= 4 is 64.4 Å². The number of carboxylic acids is 1. The first-order chi connectivity index (χ1) is 37.7. The molecule has 4 aromatic rings. The van der Waals surface area contributed by atoms with Crippen LogP contribution in [0.1, 0.15) is 109 Å². The minimum atomic E-state index is -1.08. The molecular formula is C59H77N11O10. The van der Waals surface area contributed by atoms with Gasteiger partial charge in [-0.3, -0.25) is 33.6 Å². The molecule has 5 rings (SSSR count). The first-order valence-corrected chi connectivity index (χ1v) is 26.4. The maximum Gasteiger partial charge on any atom is 0.331 e. The minimum absolute atomic E-state index is 0.106. The third-order valence-electron chi connectivity index (χ3n) is 14.1. The Morgan fingerprint density at radius 2 is 1.45 bits per heavy atom. The quantitative estimate of drug-likeness (QED) is 0.0293.